The van der Waals surface area contributed by atoms with Crippen molar-refractivity contribution in [1.82, 2.24) is 20.0 Å². The van der Waals surface area contributed by atoms with E-state index in [9.17, 15) is 13.2 Å². The quantitative estimate of drug-likeness (QED) is 0.866. The smallest absolute Gasteiger partial charge is 0.365 e. The molecular formula is C9H10F3N5. The van der Waals surface area contributed by atoms with Crippen LogP contribution in [0, 0.1) is 0 Å². The molecule has 2 N–H and O–H groups in total. The fraction of sp³-hybridized carbons (Fsp3) is 0.333. The fourth-order valence-corrected chi connectivity index (χ4v) is 1.33. The molecule has 0 aromatic carbocycles. The van der Waals surface area contributed by atoms with Crippen LogP contribution in [0.4, 0.5) is 19.0 Å². The van der Waals surface area contributed by atoms with Crippen LogP contribution in [0.1, 0.15) is 11.4 Å². The van der Waals surface area contributed by atoms with Gasteiger partial charge in [-0.2, -0.15) is 23.4 Å². The Morgan fingerprint density at radius 1 is 1.47 bits per heavy atom. The number of rotatable bonds is 3. The van der Waals surface area contributed by atoms with Crippen molar-refractivity contribution in [3.8, 4) is 0 Å². The van der Waals surface area contributed by atoms with Crippen molar-refractivity contribution in [2.24, 2.45) is 7.05 Å². The summed E-state index contributed by atoms with van der Waals surface area (Å²) in [6, 6.07) is 2.70. The van der Waals surface area contributed by atoms with Gasteiger partial charge in [-0.15, -0.1) is 0 Å². The molecule has 8 heteroatoms. The lowest BCUT2D eigenvalue weighted by Crippen LogP contribution is -2.05. The molecule has 2 heterocycles. The minimum absolute atomic E-state index is 0.225. The summed E-state index contributed by atoms with van der Waals surface area (Å²) in [7, 11) is 1.73. The molecule has 2 aromatic rings. The summed E-state index contributed by atoms with van der Waals surface area (Å²) < 4.78 is 38.4. The Morgan fingerprint density at radius 3 is 2.76 bits per heavy atom. The van der Waals surface area contributed by atoms with Crippen molar-refractivity contribution in [2.75, 3.05) is 5.32 Å². The number of hydrogen-bond acceptors (Lipinski definition) is 3. The maximum atomic E-state index is 12.3. The maximum absolute atomic E-state index is 12.3. The van der Waals surface area contributed by atoms with Gasteiger partial charge in [0.1, 0.15) is 5.82 Å². The van der Waals surface area contributed by atoms with Crippen LogP contribution in [0.25, 0.3) is 0 Å². The Balaban J connectivity index is 2.01. The second-order valence-electron chi connectivity index (χ2n) is 3.47. The van der Waals surface area contributed by atoms with Crippen molar-refractivity contribution in [3.05, 3.63) is 29.7 Å². The van der Waals surface area contributed by atoms with E-state index in [0.717, 1.165) is 6.07 Å². The molecule has 0 spiro atoms. The summed E-state index contributed by atoms with van der Waals surface area (Å²) in [6.45, 7) is 0.225. The SMILES string of the molecule is Cn1nccc1NCc1cc(C(F)(F)F)n[nH]1. The molecule has 0 saturated heterocycles. The largest absolute Gasteiger partial charge is 0.435 e. The van der Waals surface area contributed by atoms with E-state index in [1.165, 1.54) is 0 Å². The van der Waals surface area contributed by atoms with Crippen LogP contribution in [0.2, 0.25) is 0 Å². The topological polar surface area (TPSA) is 58.5 Å². The normalized spacial score (nSPS) is 11.8. The number of H-pyrrole nitrogens is 1. The number of aromatic amines is 1. The zero-order valence-electron chi connectivity index (χ0n) is 8.91. The van der Waals surface area contributed by atoms with E-state index >= 15 is 0 Å². The Hall–Kier alpha value is -1.99. The first-order valence-corrected chi connectivity index (χ1v) is 4.80. The van der Waals surface area contributed by atoms with Crippen molar-refractivity contribution in [1.29, 1.82) is 0 Å². The number of nitrogens with zero attached hydrogens (tertiary/aromatic N) is 3. The summed E-state index contributed by atoms with van der Waals surface area (Å²) >= 11 is 0. The monoisotopic (exact) mass is 245 g/mol. The number of anilines is 1. The Morgan fingerprint density at radius 2 is 2.24 bits per heavy atom. The zero-order chi connectivity index (χ0) is 12.5. The minimum atomic E-state index is -4.42. The molecule has 0 aliphatic rings. The number of halogens is 3. The lowest BCUT2D eigenvalue weighted by molar-refractivity contribution is -0.141. The predicted octanol–water partition coefficient (Wildman–Crippen LogP) is 1.77. The van der Waals surface area contributed by atoms with Crippen LogP contribution in [-0.2, 0) is 19.8 Å². The second-order valence-corrected chi connectivity index (χ2v) is 3.47. The van der Waals surface area contributed by atoms with Crippen LogP contribution in [-0.4, -0.2) is 20.0 Å². The molecule has 0 unspecified atom stereocenters. The van der Waals surface area contributed by atoms with E-state index in [1.807, 2.05) is 0 Å². The summed E-state index contributed by atoms with van der Waals surface area (Å²) in [6.07, 6.45) is -2.82. The number of aryl methyl sites for hydroxylation is 1. The third-order valence-corrected chi connectivity index (χ3v) is 2.20. The van der Waals surface area contributed by atoms with Crippen LogP contribution in [0.5, 0.6) is 0 Å². The maximum Gasteiger partial charge on any atom is 0.435 e. The van der Waals surface area contributed by atoms with E-state index in [4.69, 9.17) is 0 Å². The van der Waals surface area contributed by atoms with Gasteiger partial charge in [-0.25, -0.2) is 0 Å². The first-order chi connectivity index (χ1) is 7.97. The van der Waals surface area contributed by atoms with Crippen molar-refractivity contribution in [2.45, 2.75) is 12.7 Å². The van der Waals surface area contributed by atoms with Crippen LogP contribution < -0.4 is 5.32 Å². The first-order valence-electron chi connectivity index (χ1n) is 4.80. The zero-order valence-corrected chi connectivity index (χ0v) is 8.91. The molecule has 92 valence electrons. The molecule has 2 rings (SSSR count). The van der Waals surface area contributed by atoms with E-state index in [1.54, 1.807) is 24.0 Å². The molecule has 0 atom stereocenters. The number of aromatic nitrogens is 4. The van der Waals surface area contributed by atoms with Gasteiger partial charge in [0.05, 0.1) is 18.4 Å². The highest BCUT2D eigenvalue weighted by Gasteiger charge is 2.33. The lowest BCUT2D eigenvalue weighted by Gasteiger charge is -2.03. The summed E-state index contributed by atoms with van der Waals surface area (Å²) in [5.41, 5.74) is -0.558. The Labute approximate surface area is 94.6 Å². The van der Waals surface area contributed by atoms with E-state index in [0.29, 0.717) is 11.5 Å². The summed E-state index contributed by atoms with van der Waals surface area (Å²) in [5, 5.41) is 12.4. The van der Waals surface area contributed by atoms with Gasteiger partial charge >= 0.3 is 6.18 Å². The van der Waals surface area contributed by atoms with Crippen LogP contribution in [0.3, 0.4) is 0 Å². The van der Waals surface area contributed by atoms with Gasteiger partial charge < -0.3 is 5.32 Å². The Kier molecular flexibility index (Phi) is 2.78. The van der Waals surface area contributed by atoms with Crippen LogP contribution >= 0.6 is 0 Å². The molecule has 5 nitrogen and oxygen atoms in total. The van der Waals surface area contributed by atoms with Gasteiger partial charge in [-0.3, -0.25) is 9.78 Å². The molecular weight excluding hydrogens is 235 g/mol. The highest BCUT2D eigenvalue weighted by atomic mass is 19.4. The molecule has 17 heavy (non-hydrogen) atoms. The number of alkyl halides is 3. The van der Waals surface area contributed by atoms with E-state index in [-0.39, 0.29) is 6.54 Å². The molecule has 2 aromatic heterocycles. The highest BCUT2D eigenvalue weighted by molar-refractivity contribution is 5.34. The molecule has 0 radical (unpaired) electrons. The van der Waals surface area contributed by atoms with Crippen molar-refractivity contribution < 1.29 is 13.2 Å². The third kappa shape index (κ3) is 2.58. The molecule has 0 saturated carbocycles. The predicted molar refractivity (Wildman–Crippen MR) is 54.1 cm³/mol. The fourth-order valence-electron chi connectivity index (χ4n) is 1.33. The average molecular weight is 245 g/mol. The van der Waals surface area contributed by atoms with E-state index < -0.39 is 11.9 Å². The summed E-state index contributed by atoms with van der Waals surface area (Å²) in [4.78, 5) is 0. The van der Waals surface area contributed by atoms with Gasteiger partial charge in [-0.05, 0) is 6.07 Å². The van der Waals surface area contributed by atoms with Crippen LogP contribution in [0.15, 0.2) is 18.3 Å². The molecule has 0 aliphatic carbocycles. The second kappa shape index (κ2) is 4.11. The van der Waals surface area contributed by atoms with E-state index in [2.05, 4.69) is 20.6 Å². The summed E-state index contributed by atoms with van der Waals surface area (Å²) in [5.74, 6) is 0.716. The average Bonchev–Trinajstić information content (AvgIpc) is 2.82. The Bertz CT molecular complexity index is 499. The lowest BCUT2D eigenvalue weighted by atomic mass is 10.3. The molecule has 0 fully saturated rings. The number of hydrogen-bond donors (Lipinski definition) is 2. The highest BCUT2D eigenvalue weighted by Crippen LogP contribution is 2.27. The minimum Gasteiger partial charge on any atom is -0.365 e. The molecule has 0 bridgehead atoms. The number of nitrogens with one attached hydrogen (secondary N) is 2. The van der Waals surface area contributed by atoms with Gasteiger partial charge in [0, 0.05) is 13.1 Å². The van der Waals surface area contributed by atoms with Crippen molar-refractivity contribution >= 4 is 5.82 Å². The van der Waals surface area contributed by atoms with Crippen molar-refractivity contribution in [3.63, 3.8) is 0 Å². The first kappa shape index (κ1) is 11.5. The molecule has 0 amide bonds. The standard InChI is InChI=1S/C9H10F3N5/c1-17-8(2-3-14-17)13-5-6-4-7(16-15-6)9(10,11)12/h2-4,13H,5H2,1H3,(H,15,16). The van der Waals surface area contributed by atoms with Gasteiger partial charge in [0.25, 0.3) is 0 Å². The third-order valence-electron chi connectivity index (χ3n) is 2.20. The van der Waals surface area contributed by atoms with Gasteiger partial charge in [0.2, 0.25) is 0 Å². The molecule has 0 aliphatic heterocycles. The van der Waals surface area contributed by atoms with Gasteiger partial charge in [0.15, 0.2) is 5.69 Å². The van der Waals surface area contributed by atoms with Gasteiger partial charge in [-0.1, -0.05) is 0 Å².